The Morgan fingerprint density at radius 1 is 1.12 bits per heavy atom. The molecular weight excluding hydrogens is 803 g/mol. The molecule has 3 amide bonds. The number of hydrogen-bond acceptors (Lipinski definition) is 13. The average Bonchev–Trinajstić information content (AvgIpc) is 3.91. The molecule has 2 saturated carbocycles. The van der Waals surface area contributed by atoms with Crippen LogP contribution >= 0.6 is 11.6 Å². The number of carbonyl (C=O) groups excluding carboxylic acids is 3. The number of carbonyl (C=O) groups is 3. The van der Waals surface area contributed by atoms with Crippen LogP contribution in [0.5, 0.6) is 0 Å². The predicted molar refractivity (Wildman–Crippen MR) is 214 cm³/mol. The Morgan fingerprint density at radius 3 is 2.72 bits per heavy atom. The topological polar surface area (TPSA) is 198 Å². The zero-order valence-corrected chi connectivity index (χ0v) is 35.1. The Morgan fingerprint density at radius 2 is 1.93 bits per heavy atom. The molecule has 2 aliphatic heterocycles. The van der Waals surface area contributed by atoms with Crippen molar-refractivity contribution in [1.29, 1.82) is 0 Å². The van der Waals surface area contributed by atoms with Gasteiger partial charge in [0.25, 0.3) is 5.91 Å². The van der Waals surface area contributed by atoms with E-state index in [1.54, 1.807) is 17.0 Å². The summed E-state index contributed by atoms with van der Waals surface area (Å²) in [6, 6.07) is 3.19. The van der Waals surface area contributed by atoms with Crippen molar-refractivity contribution in [3.8, 4) is 5.82 Å². The molecule has 2 aromatic heterocycles. The number of benzene rings is 1. The summed E-state index contributed by atoms with van der Waals surface area (Å²) in [6.45, 7) is 9.00. The van der Waals surface area contributed by atoms with Crippen molar-refractivity contribution in [3.05, 3.63) is 64.6 Å². The fourth-order valence-corrected chi connectivity index (χ4v) is 8.86. The third-order valence-electron chi connectivity index (χ3n) is 11.5. The number of nitrogens with zero attached hydrogens (tertiary/aromatic N) is 4. The summed E-state index contributed by atoms with van der Waals surface area (Å²) in [4.78, 5) is 68.8. The molecule has 326 valence electrons. The van der Waals surface area contributed by atoms with Gasteiger partial charge < -0.3 is 30.2 Å². The molecule has 3 aromatic rings. The molecular formula is C41H54ClFN8O9. The van der Waals surface area contributed by atoms with Gasteiger partial charge in [-0.1, -0.05) is 25.4 Å². The molecule has 0 radical (unpaired) electrons. The van der Waals surface area contributed by atoms with Gasteiger partial charge >= 0.3 is 6.09 Å². The van der Waals surface area contributed by atoms with Crippen LogP contribution in [0.4, 0.5) is 15.1 Å². The number of imidazole rings is 1. The van der Waals surface area contributed by atoms with Crippen molar-refractivity contribution in [2.45, 2.75) is 115 Å². The number of hydrogen-bond donors (Lipinski definition) is 4. The van der Waals surface area contributed by atoms with Crippen LogP contribution in [0.2, 0.25) is 5.02 Å². The van der Waals surface area contributed by atoms with Gasteiger partial charge in [0.1, 0.15) is 29.8 Å². The number of alkyl carbamates (subject to hydrolysis) is 1. The number of amides is 3. The molecule has 1 aromatic carbocycles. The van der Waals surface area contributed by atoms with Crippen LogP contribution in [0.25, 0.3) is 5.82 Å². The zero-order chi connectivity index (χ0) is 42.4. The Labute approximate surface area is 353 Å². The van der Waals surface area contributed by atoms with Gasteiger partial charge in [-0.2, -0.15) is 14.8 Å². The van der Waals surface area contributed by atoms with Gasteiger partial charge in [0.2, 0.25) is 23.4 Å². The van der Waals surface area contributed by atoms with E-state index in [9.17, 15) is 18.8 Å². The molecule has 4 N–H and O–H groups in total. The highest BCUT2D eigenvalue weighted by Gasteiger charge is 2.60. The second-order valence-corrected chi connectivity index (χ2v) is 17.1. The Bertz CT molecular complexity index is 1980. The summed E-state index contributed by atoms with van der Waals surface area (Å²) in [5.74, 6) is -1.85. The SMILES string of the molecule is CC(=O)NOCC(C)CC1CC(C)C2(C1)OOC1(CCCC(OC(=O)NCC(NC(=O)c3cn(-c4nc(NC5CCOCC5)ncc4C)cn3)c3cc(F)cc(Cl)c3)C1)O2. The number of aromatic nitrogens is 4. The fraction of sp³-hybridized carbons (Fsp3) is 0.610. The summed E-state index contributed by atoms with van der Waals surface area (Å²) in [6.07, 6.45) is 9.60. The molecule has 4 fully saturated rings. The molecule has 7 rings (SSSR count). The Kier molecular flexibility index (Phi) is 13.9. The van der Waals surface area contributed by atoms with Crippen LogP contribution in [0.3, 0.4) is 0 Å². The van der Waals surface area contributed by atoms with E-state index in [0.717, 1.165) is 37.3 Å². The van der Waals surface area contributed by atoms with Crippen molar-refractivity contribution >= 4 is 35.5 Å². The van der Waals surface area contributed by atoms with E-state index in [1.165, 1.54) is 25.4 Å². The lowest BCUT2D eigenvalue weighted by atomic mass is 9.91. The predicted octanol–water partition coefficient (Wildman–Crippen LogP) is 6.01. The summed E-state index contributed by atoms with van der Waals surface area (Å²) < 4.78 is 34.2. The van der Waals surface area contributed by atoms with Gasteiger partial charge in [0.15, 0.2) is 0 Å². The summed E-state index contributed by atoms with van der Waals surface area (Å²) in [5.41, 5.74) is 3.54. The highest BCUT2D eigenvalue weighted by molar-refractivity contribution is 6.30. The van der Waals surface area contributed by atoms with E-state index < -0.39 is 41.5 Å². The minimum absolute atomic E-state index is 0.0564. The van der Waals surface area contributed by atoms with Crippen LogP contribution in [0.1, 0.15) is 106 Å². The average molecular weight is 857 g/mol. The molecule has 0 bridgehead atoms. The van der Waals surface area contributed by atoms with Crippen molar-refractivity contribution in [3.63, 3.8) is 0 Å². The molecule has 7 unspecified atom stereocenters. The molecule has 4 aliphatic rings. The standard InChI is InChI=1S/C41H54ClFN8O9/c1-24(22-56-50-27(4)52)12-28-13-26(3)41(17-28)58-40(59-60-41)9-5-6-33(18-40)57-39(54)45-20-34(29-14-30(42)16-31(43)15-29)48-37(53)35-21-51(23-46-35)36-25(2)19-44-38(49-36)47-32-7-10-55-11-8-32/h14-16,19,21,23-24,26,28,32-34H,5-13,17-18,20,22H2,1-4H3,(H,45,54)(H,48,53)(H,50,52)(H,44,47,49). The van der Waals surface area contributed by atoms with E-state index in [0.29, 0.717) is 68.8 Å². The number of halogens is 2. The highest BCUT2D eigenvalue weighted by atomic mass is 35.5. The van der Waals surface area contributed by atoms with Crippen molar-refractivity contribution in [1.82, 2.24) is 35.6 Å². The van der Waals surface area contributed by atoms with Crippen LogP contribution in [-0.4, -0.2) is 87.5 Å². The highest BCUT2D eigenvalue weighted by Crippen LogP contribution is 2.54. The van der Waals surface area contributed by atoms with E-state index >= 15 is 0 Å². The summed E-state index contributed by atoms with van der Waals surface area (Å²) in [5, 5.41) is 9.08. The maximum Gasteiger partial charge on any atom is 0.407 e. The number of anilines is 1. The van der Waals surface area contributed by atoms with E-state index in [-0.39, 0.29) is 47.5 Å². The van der Waals surface area contributed by atoms with Crippen molar-refractivity contribution in [2.24, 2.45) is 17.8 Å². The molecule has 7 atom stereocenters. The van der Waals surface area contributed by atoms with Gasteiger partial charge in [0, 0.05) is 80.9 Å². The van der Waals surface area contributed by atoms with E-state index in [4.69, 9.17) is 40.4 Å². The third-order valence-corrected chi connectivity index (χ3v) is 11.7. The molecule has 4 heterocycles. The van der Waals surface area contributed by atoms with Crippen molar-refractivity contribution < 1.29 is 47.6 Å². The largest absolute Gasteiger partial charge is 0.446 e. The quantitative estimate of drug-likeness (QED) is 0.109. The molecule has 60 heavy (non-hydrogen) atoms. The van der Waals surface area contributed by atoms with Crippen LogP contribution in [0, 0.1) is 30.5 Å². The van der Waals surface area contributed by atoms with Gasteiger partial charge in [-0.05, 0) is 81.0 Å². The lowest BCUT2D eigenvalue weighted by Gasteiger charge is -2.35. The summed E-state index contributed by atoms with van der Waals surface area (Å²) in [7, 11) is 0. The van der Waals surface area contributed by atoms with Crippen LogP contribution in [0.15, 0.2) is 36.9 Å². The lowest BCUT2D eigenvalue weighted by Crippen LogP contribution is -2.45. The number of rotatable bonds is 14. The van der Waals surface area contributed by atoms with Crippen LogP contribution < -0.4 is 21.4 Å². The molecule has 2 saturated heterocycles. The number of aryl methyl sites for hydroxylation is 1. The third kappa shape index (κ3) is 10.9. The molecule has 19 heteroatoms. The van der Waals surface area contributed by atoms with E-state index in [2.05, 4.69) is 50.2 Å². The second kappa shape index (κ2) is 19.1. The molecule has 2 aliphatic carbocycles. The maximum absolute atomic E-state index is 14.6. The lowest BCUT2D eigenvalue weighted by molar-refractivity contribution is -0.361. The van der Waals surface area contributed by atoms with Gasteiger partial charge in [-0.3, -0.25) is 19.0 Å². The Balaban J connectivity index is 0.952. The first-order valence-electron chi connectivity index (χ1n) is 20.7. The molecule has 17 nitrogen and oxygen atoms in total. The second-order valence-electron chi connectivity index (χ2n) is 16.6. The minimum Gasteiger partial charge on any atom is -0.446 e. The van der Waals surface area contributed by atoms with Gasteiger partial charge in [-0.25, -0.2) is 24.6 Å². The number of nitrogens with one attached hydrogen (secondary N) is 4. The first-order chi connectivity index (χ1) is 28.8. The zero-order valence-electron chi connectivity index (χ0n) is 34.3. The summed E-state index contributed by atoms with van der Waals surface area (Å²) >= 11 is 6.22. The van der Waals surface area contributed by atoms with Crippen molar-refractivity contribution in [2.75, 3.05) is 31.7 Å². The minimum atomic E-state index is -1.07. The number of hydroxylamine groups is 1. The fourth-order valence-electron chi connectivity index (χ4n) is 8.62. The smallest absolute Gasteiger partial charge is 0.407 e. The first-order valence-corrected chi connectivity index (χ1v) is 21.0. The van der Waals surface area contributed by atoms with E-state index in [1.807, 2.05) is 6.92 Å². The first kappa shape index (κ1) is 43.6. The number of ether oxygens (including phenoxy) is 3. The van der Waals surface area contributed by atoms with Crippen LogP contribution in [-0.2, 0) is 33.6 Å². The molecule has 2 spiro atoms. The maximum atomic E-state index is 14.6. The normalized spacial score (nSPS) is 26.5. The monoisotopic (exact) mass is 856 g/mol. The van der Waals surface area contributed by atoms with Gasteiger partial charge in [-0.15, -0.1) is 0 Å². The Hall–Kier alpha value is -4.46. The van der Waals surface area contributed by atoms with Gasteiger partial charge in [0.05, 0.1) is 12.6 Å².